The molecule has 2 aromatic rings. The first-order valence-electron chi connectivity index (χ1n) is 7.88. The molecule has 0 atom stereocenters. The van der Waals surface area contributed by atoms with Gasteiger partial charge in [-0.05, 0) is 31.2 Å². The number of amides is 1. The van der Waals surface area contributed by atoms with Crippen molar-refractivity contribution in [2.45, 2.75) is 12.4 Å². The third-order valence-electron chi connectivity index (χ3n) is 3.97. The first kappa shape index (κ1) is 19.4. The molecular formula is C16H15F3N2O5S. The number of aryl methyl sites for hydroxylation is 1. The molecule has 0 radical (unpaired) electrons. The maximum atomic E-state index is 12.8. The fourth-order valence-corrected chi connectivity index (χ4v) is 3.12. The van der Waals surface area contributed by atoms with Crippen LogP contribution in [0.25, 0.3) is 10.9 Å². The van der Waals surface area contributed by atoms with Crippen LogP contribution in [0, 0.1) is 6.92 Å². The van der Waals surface area contributed by atoms with Gasteiger partial charge in [-0.1, -0.05) is 0 Å². The maximum Gasteiger partial charge on any atom is 0.534 e. The van der Waals surface area contributed by atoms with Crippen molar-refractivity contribution in [3.8, 4) is 5.75 Å². The van der Waals surface area contributed by atoms with Gasteiger partial charge in [-0.25, -0.2) is 0 Å². The highest BCUT2D eigenvalue weighted by Gasteiger charge is 2.49. The highest BCUT2D eigenvalue weighted by Crippen LogP contribution is 2.35. The molecule has 1 saturated heterocycles. The summed E-state index contributed by atoms with van der Waals surface area (Å²) < 4.78 is 71.2. The molecule has 0 spiro atoms. The number of benzene rings is 1. The number of aromatic nitrogens is 1. The largest absolute Gasteiger partial charge is 0.534 e. The van der Waals surface area contributed by atoms with Gasteiger partial charge in [0.05, 0.1) is 24.3 Å². The molecular weight excluding hydrogens is 389 g/mol. The van der Waals surface area contributed by atoms with Crippen LogP contribution in [-0.4, -0.2) is 56.0 Å². The number of morpholine rings is 1. The Morgan fingerprint density at radius 3 is 2.48 bits per heavy atom. The van der Waals surface area contributed by atoms with Crippen molar-refractivity contribution in [3.63, 3.8) is 0 Å². The SMILES string of the molecule is Cc1ccc2c(OS(=O)(=O)C(F)(F)F)c(C(=O)N3CCOCC3)ccc2n1. The summed E-state index contributed by atoms with van der Waals surface area (Å²) in [6.45, 7) is 2.68. The minimum atomic E-state index is -5.96. The molecule has 0 bridgehead atoms. The second kappa shape index (κ2) is 6.97. The third kappa shape index (κ3) is 3.83. The van der Waals surface area contributed by atoms with E-state index in [0.29, 0.717) is 5.69 Å². The van der Waals surface area contributed by atoms with Crippen LogP contribution in [0.2, 0.25) is 0 Å². The predicted molar refractivity (Wildman–Crippen MR) is 88.8 cm³/mol. The molecule has 1 aliphatic rings. The summed E-state index contributed by atoms with van der Waals surface area (Å²) >= 11 is 0. The summed E-state index contributed by atoms with van der Waals surface area (Å²) in [5.74, 6) is -1.33. The smallest absolute Gasteiger partial charge is 0.378 e. The number of nitrogens with zero attached hydrogens (tertiary/aromatic N) is 2. The Morgan fingerprint density at radius 2 is 1.85 bits per heavy atom. The van der Waals surface area contributed by atoms with Crippen molar-refractivity contribution in [2.24, 2.45) is 0 Å². The Kier molecular flexibility index (Phi) is 5.00. The van der Waals surface area contributed by atoms with E-state index < -0.39 is 27.3 Å². The van der Waals surface area contributed by atoms with Crippen LogP contribution < -0.4 is 4.18 Å². The Bertz CT molecular complexity index is 985. The van der Waals surface area contributed by atoms with Crippen LogP contribution in [0.1, 0.15) is 16.1 Å². The Hall–Kier alpha value is -2.40. The molecule has 27 heavy (non-hydrogen) atoms. The van der Waals surface area contributed by atoms with Crippen molar-refractivity contribution < 1.29 is 35.3 Å². The number of rotatable bonds is 3. The standard InChI is InChI=1S/C16H15F3N2O5S/c1-10-2-3-11-13(20-10)5-4-12(15(22)21-6-8-25-9-7-21)14(11)26-27(23,24)16(17,18)19/h2-5H,6-9H2,1H3. The highest BCUT2D eigenvalue weighted by atomic mass is 32.2. The van der Waals surface area contributed by atoms with Gasteiger partial charge < -0.3 is 13.8 Å². The molecule has 7 nitrogen and oxygen atoms in total. The Labute approximate surface area is 152 Å². The summed E-state index contributed by atoms with van der Waals surface area (Å²) in [5, 5.41) is -0.00691. The predicted octanol–water partition coefficient (Wildman–Crippen LogP) is 2.24. The highest BCUT2D eigenvalue weighted by molar-refractivity contribution is 7.88. The average molecular weight is 404 g/mol. The van der Waals surface area contributed by atoms with Gasteiger partial charge in [-0.2, -0.15) is 21.6 Å². The zero-order chi connectivity index (χ0) is 19.8. The lowest BCUT2D eigenvalue weighted by molar-refractivity contribution is -0.0500. The van der Waals surface area contributed by atoms with Gasteiger partial charge in [0, 0.05) is 24.2 Å². The maximum absolute atomic E-state index is 12.8. The van der Waals surface area contributed by atoms with Gasteiger partial charge in [0.15, 0.2) is 5.75 Å². The van der Waals surface area contributed by atoms with E-state index in [-0.39, 0.29) is 42.8 Å². The minimum absolute atomic E-state index is 0.00691. The van der Waals surface area contributed by atoms with Crippen molar-refractivity contribution >= 4 is 26.9 Å². The first-order valence-corrected chi connectivity index (χ1v) is 9.29. The molecule has 1 aromatic heterocycles. The van der Waals surface area contributed by atoms with Crippen LogP contribution in [0.15, 0.2) is 24.3 Å². The molecule has 0 N–H and O–H groups in total. The van der Waals surface area contributed by atoms with Crippen LogP contribution in [-0.2, 0) is 14.9 Å². The topological polar surface area (TPSA) is 85.8 Å². The molecule has 1 aromatic carbocycles. The van der Waals surface area contributed by atoms with Gasteiger partial charge in [-0.3, -0.25) is 9.78 Å². The molecule has 0 unspecified atom stereocenters. The Balaban J connectivity index is 2.15. The van der Waals surface area contributed by atoms with E-state index in [9.17, 15) is 26.4 Å². The summed E-state index contributed by atoms with van der Waals surface area (Å²) in [5.41, 5.74) is -5.14. The number of pyridine rings is 1. The first-order chi connectivity index (χ1) is 12.6. The van der Waals surface area contributed by atoms with Gasteiger partial charge in [-0.15, -0.1) is 0 Å². The number of alkyl halides is 3. The van der Waals surface area contributed by atoms with E-state index in [1.807, 2.05) is 0 Å². The summed E-state index contributed by atoms with van der Waals surface area (Å²) in [6.07, 6.45) is 0. The fraction of sp³-hybridized carbons (Fsp3) is 0.375. The fourth-order valence-electron chi connectivity index (χ4n) is 2.63. The van der Waals surface area contributed by atoms with E-state index in [1.54, 1.807) is 6.92 Å². The van der Waals surface area contributed by atoms with Crippen LogP contribution >= 0.6 is 0 Å². The number of carbonyl (C=O) groups is 1. The summed E-state index contributed by atoms with van der Waals surface area (Å²) in [6, 6.07) is 5.50. The minimum Gasteiger partial charge on any atom is -0.378 e. The molecule has 11 heteroatoms. The monoisotopic (exact) mass is 404 g/mol. The lowest BCUT2D eigenvalue weighted by atomic mass is 10.1. The van der Waals surface area contributed by atoms with Crippen molar-refractivity contribution in [1.82, 2.24) is 9.88 Å². The van der Waals surface area contributed by atoms with E-state index >= 15 is 0 Å². The molecule has 1 amide bonds. The number of hydrogen-bond acceptors (Lipinski definition) is 6. The van der Waals surface area contributed by atoms with Crippen LogP contribution in [0.5, 0.6) is 5.75 Å². The summed E-state index contributed by atoms with van der Waals surface area (Å²) in [7, 11) is -5.96. The van der Waals surface area contributed by atoms with Gasteiger partial charge in [0.2, 0.25) is 0 Å². The molecule has 0 aliphatic carbocycles. The summed E-state index contributed by atoms with van der Waals surface area (Å²) in [4.78, 5) is 18.3. The average Bonchev–Trinajstić information content (AvgIpc) is 2.60. The van der Waals surface area contributed by atoms with Crippen LogP contribution in [0.4, 0.5) is 13.2 Å². The lowest BCUT2D eigenvalue weighted by Crippen LogP contribution is -2.41. The molecule has 1 aliphatic heterocycles. The zero-order valence-corrected chi connectivity index (χ0v) is 14.9. The van der Waals surface area contributed by atoms with Gasteiger partial charge in [0.25, 0.3) is 5.91 Å². The second-order valence-electron chi connectivity index (χ2n) is 5.85. The van der Waals surface area contributed by atoms with Crippen molar-refractivity contribution in [1.29, 1.82) is 0 Å². The molecule has 3 rings (SSSR count). The van der Waals surface area contributed by atoms with Crippen molar-refractivity contribution in [3.05, 3.63) is 35.5 Å². The quantitative estimate of drug-likeness (QED) is 0.576. The normalized spacial score (nSPS) is 15.8. The van der Waals surface area contributed by atoms with E-state index in [4.69, 9.17) is 4.74 Å². The third-order valence-corrected chi connectivity index (χ3v) is 4.92. The molecule has 2 heterocycles. The number of hydrogen-bond donors (Lipinski definition) is 0. The van der Waals surface area contributed by atoms with Gasteiger partial charge in [0.1, 0.15) is 0 Å². The molecule has 0 saturated carbocycles. The van der Waals surface area contributed by atoms with E-state index in [1.165, 1.54) is 29.2 Å². The van der Waals surface area contributed by atoms with Gasteiger partial charge >= 0.3 is 15.6 Å². The second-order valence-corrected chi connectivity index (χ2v) is 7.39. The number of halogens is 3. The van der Waals surface area contributed by atoms with E-state index in [2.05, 4.69) is 9.17 Å². The zero-order valence-electron chi connectivity index (χ0n) is 14.1. The number of fused-ring (bicyclic) bond motifs is 1. The molecule has 1 fully saturated rings. The van der Waals surface area contributed by atoms with Crippen molar-refractivity contribution in [2.75, 3.05) is 26.3 Å². The number of ether oxygens (including phenoxy) is 1. The van der Waals surface area contributed by atoms with E-state index in [0.717, 1.165) is 0 Å². The Morgan fingerprint density at radius 1 is 1.19 bits per heavy atom. The molecule has 146 valence electrons. The number of carbonyl (C=O) groups excluding carboxylic acids is 1. The lowest BCUT2D eigenvalue weighted by Gasteiger charge is -2.27. The van der Waals surface area contributed by atoms with Crippen LogP contribution in [0.3, 0.4) is 0 Å².